The van der Waals surface area contributed by atoms with Gasteiger partial charge in [-0.1, -0.05) is 19.9 Å². The molecule has 0 aliphatic carbocycles. The molecule has 0 radical (unpaired) electrons. The van der Waals surface area contributed by atoms with Crippen molar-refractivity contribution in [3.05, 3.63) is 53.9 Å². The van der Waals surface area contributed by atoms with Crippen LogP contribution in [0.25, 0.3) is 0 Å². The van der Waals surface area contributed by atoms with E-state index in [0.29, 0.717) is 5.92 Å². The molecule has 0 spiro atoms. The van der Waals surface area contributed by atoms with Crippen LogP contribution >= 0.6 is 0 Å². The lowest BCUT2D eigenvalue weighted by molar-refractivity contribution is 0.653. The molecule has 3 rings (SSSR count). The molecule has 1 saturated heterocycles. The second-order valence-electron chi connectivity index (χ2n) is 6.38. The van der Waals surface area contributed by atoms with Crippen LogP contribution in [-0.4, -0.2) is 31.2 Å². The largest absolute Gasteiger partial charge is 0.368 e. The maximum absolute atomic E-state index is 4.10. The van der Waals surface area contributed by atoms with Crippen molar-refractivity contribution in [2.45, 2.75) is 26.7 Å². The number of aromatic nitrogens is 1. The van der Waals surface area contributed by atoms with Gasteiger partial charge in [0.25, 0.3) is 0 Å². The molecule has 116 valence electrons. The molecular formula is C19H25N3. The molecule has 2 heterocycles. The Labute approximate surface area is 133 Å². The van der Waals surface area contributed by atoms with Gasteiger partial charge in [0.15, 0.2) is 0 Å². The SMILES string of the molecule is Cc1cc(N2CCN(c3ccncc3)CC2)ccc1C(C)C. The Balaban J connectivity index is 1.68. The van der Waals surface area contributed by atoms with E-state index in [4.69, 9.17) is 0 Å². The van der Waals surface area contributed by atoms with Gasteiger partial charge >= 0.3 is 0 Å². The van der Waals surface area contributed by atoms with Crippen molar-refractivity contribution in [1.82, 2.24) is 4.98 Å². The van der Waals surface area contributed by atoms with E-state index in [9.17, 15) is 0 Å². The van der Waals surface area contributed by atoms with Gasteiger partial charge in [-0.15, -0.1) is 0 Å². The number of hydrogen-bond donors (Lipinski definition) is 0. The van der Waals surface area contributed by atoms with E-state index in [1.54, 1.807) is 0 Å². The second-order valence-corrected chi connectivity index (χ2v) is 6.38. The van der Waals surface area contributed by atoms with Crippen molar-refractivity contribution < 1.29 is 0 Å². The van der Waals surface area contributed by atoms with Crippen molar-refractivity contribution in [3.63, 3.8) is 0 Å². The Morgan fingerprint density at radius 3 is 2.00 bits per heavy atom. The number of hydrogen-bond acceptors (Lipinski definition) is 3. The highest BCUT2D eigenvalue weighted by atomic mass is 15.3. The van der Waals surface area contributed by atoms with E-state index < -0.39 is 0 Å². The lowest BCUT2D eigenvalue weighted by Crippen LogP contribution is -2.46. The molecule has 3 heteroatoms. The molecule has 1 aliphatic heterocycles. The summed E-state index contributed by atoms with van der Waals surface area (Å²) in [5.41, 5.74) is 5.50. The van der Waals surface area contributed by atoms with Crippen LogP contribution in [-0.2, 0) is 0 Å². The number of aryl methyl sites for hydroxylation is 1. The van der Waals surface area contributed by atoms with E-state index in [-0.39, 0.29) is 0 Å². The summed E-state index contributed by atoms with van der Waals surface area (Å²) in [6.45, 7) is 11.0. The minimum Gasteiger partial charge on any atom is -0.368 e. The van der Waals surface area contributed by atoms with Gasteiger partial charge in [-0.2, -0.15) is 0 Å². The van der Waals surface area contributed by atoms with Crippen LogP contribution in [0.5, 0.6) is 0 Å². The minimum atomic E-state index is 0.595. The van der Waals surface area contributed by atoms with Crippen LogP contribution in [0.1, 0.15) is 30.9 Å². The van der Waals surface area contributed by atoms with Crippen molar-refractivity contribution in [3.8, 4) is 0 Å². The highest BCUT2D eigenvalue weighted by Crippen LogP contribution is 2.26. The predicted molar refractivity (Wildman–Crippen MR) is 93.9 cm³/mol. The quantitative estimate of drug-likeness (QED) is 0.857. The van der Waals surface area contributed by atoms with Gasteiger partial charge in [-0.3, -0.25) is 4.98 Å². The summed E-state index contributed by atoms with van der Waals surface area (Å²) in [5, 5.41) is 0. The van der Waals surface area contributed by atoms with Gasteiger partial charge in [0, 0.05) is 49.9 Å². The van der Waals surface area contributed by atoms with Gasteiger partial charge in [0.05, 0.1) is 0 Å². The maximum atomic E-state index is 4.10. The van der Waals surface area contributed by atoms with Gasteiger partial charge < -0.3 is 9.80 Å². The number of piperazine rings is 1. The molecule has 0 amide bonds. The van der Waals surface area contributed by atoms with E-state index in [1.807, 2.05) is 12.4 Å². The monoisotopic (exact) mass is 295 g/mol. The Bertz CT molecular complexity index is 614. The van der Waals surface area contributed by atoms with Crippen molar-refractivity contribution in [1.29, 1.82) is 0 Å². The van der Waals surface area contributed by atoms with Gasteiger partial charge in [-0.05, 0) is 48.2 Å². The van der Waals surface area contributed by atoms with Crippen molar-refractivity contribution in [2.75, 3.05) is 36.0 Å². The third-order valence-corrected chi connectivity index (χ3v) is 4.55. The molecule has 1 aromatic carbocycles. The molecule has 1 aromatic heterocycles. The summed E-state index contributed by atoms with van der Waals surface area (Å²) in [4.78, 5) is 9.03. The van der Waals surface area contributed by atoms with Gasteiger partial charge in [-0.25, -0.2) is 0 Å². The van der Waals surface area contributed by atoms with E-state index >= 15 is 0 Å². The molecule has 0 bridgehead atoms. The molecular weight excluding hydrogens is 270 g/mol. The summed E-state index contributed by atoms with van der Waals surface area (Å²) in [6, 6.07) is 11.1. The number of anilines is 2. The highest BCUT2D eigenvalue weighted by Gasteiger charge is 2.18. The van der Waals surface area contributed by atoms with Crippen LogP contribution in [0.4, 0.5) is 11.4 Å². The number of rotatable bonds is 3. The molecule has 0 N–H and O–H groups in total. The summed E-state index contributed by atoms with van der Waals surface area (Å²) in [7, 11) is 0. The summed E-state index contributed by atoms with van der Waals surface area (Å²) in [6.07, 6.45) is 3.74. The maximum Gasteiger partial charge on any atom is 0.0398 e. The lowest BCUT2D eigenvalue weighted by atomic mass is 9.97. The van der Waals surface area contributed by atoms with Crippen molar-refractivity contribution >= 4 is 11.4 Å². The number of nitrogens with zero attached hydrogens (tertiary/aromatic N) is 3. The molecule has 2 aromatic rings. The highest BCUT2D eigenvalue weighted by molar-refractivity contribution is 5.54. The first-order valence-corrected chi connectivity index (χ1v) is 8.15. The average molecular weight is 295 g/mol. The van der Waals surface area contributed by atoms with Crippen LogP contribution in [0, 0.1) is 6.92 Å². The first-order chi connectivity index (χ1) is 10.6. The van der Waals surface area contributed by atoms with E-state index in [2.05, 4.69) is 65.9 Å². The fourth-order valence-electron chi connectivity index (χ4n) is 3.28. The number of pyridine rings is 1. The van der Waals surface area contributed by atoms with Gasteiger partial charge in [0.2, 0.25) is 0 Å². The average Bonchev–Trinajstić information content (AvgIpc) is 2.55. The zero-order valence-corrected chi connectivity index (χ0v) is 13.8. The van der Waals surface area contributed by atoms with Crippen LogP contribution < -0.4 is 9.80 Å². The zero-order chi connectivity index (χ0) is 15.5. The Hall–Kier alpha value is -2.03. The smallest absolute Gasteiger partial charge is 0.0398 e. The summed E-state index contributed by atoms with van der Waals surface area (Å²) < 4.78 is 0. The second kappa shape index (κ2) is 6.39. The zero-order valence-electron chi connectivity index (χ0n) is 13.8. The number of benzene rings is 1. The topological polar surface area (TPSA) is 19.4 Å². The first-order valence-electron chi connectivity index (χ1n) is 8.15. The molecule has 22 heavy (non-hydrogen) atoms. The first kappa shape index (κ1) is 14.9. The molecule has 0 unspecified atom stereocenters. The normalized spacial score (nSPS) is 15.5. The summed E-state index contributed by atoms with van der Waals surface area (Å²) in [5.74, 6) is 0.595. The molecule has 1 fully saturated rings. The molecule has 0 atom stereocenters. The van der Waals surface area contributed by atoms with Crippen LogP contribution in [0.3, 0.4) is 0 Å². The van der Waals surface area contributed by atoms with Crippen LogP contribution in [0.15, 0.2) is 42.7 Å². The minimum absolute atomic E-state index is 0.595. The Morgan fingerprint density at radius 2 is 1.45 bits per heavy atom. The predicted octanol–water partition coefficient (Wildman–Crippen LogP) is 3.84. The third-order valence-electron chi connectivity index (χ3n) is 4.55. The third kappa shape index (κ3) is 3.08. The van der Waals surface area contributed by atoms with E-state index in [0.717, 1.165) is 26.2 Å². The molecule has 3 nitrogen and oxygen atoms in total. The standard InChI is InChI=1S/C19H25N3/c1-15(2)19-5-4-18(14-16(19)3)22-12-10-21(11-13-22)17-6-8-20-9-7-17/h4-9,14-15H,10-13H2,1-3H3. The fourth-order valence-corrected chi connectivity index (χ4v) is 3.28. The Morgan fingerprint density at radius 1 is 0.864 bits per heavy atom. The molecule has 1 aliphatic rings. The molecule has 0 saturated carbocycles. The fraction of sp³-hybridized carbons (Fsp3) is 0.421. The van der Waals surface area contributed by atoms with Crippen LogP contribution in [0.2, 0.25) is 0 Å². The van der Waals surface area contributed by atoms with Crippen molar-refractivity contribution in [2.24, 2.45) is 0 Å². The Kier molecular flexibility index (Phi) is 4.32. The summed E-state index contributed by atoms with van der Waals surface area (Å²) >= 11 is 0. The van der Waals surface area contributed by atoms with E-state index in [1.165, 1.54) is 22.5 Å². The van der Waals surface area contributed by atoms with Gasteiger partial charge in [0.1, 0.15) is 0 Å². The lowest BCUT2D eigenvalue weighted by Gasteiger charge is -2.37.